The van der Waals surface area contributed by atoms with Gasteiger partial charge in [-0.3, -0.25) is 0 Å². The molecular formula is C6H11NO2. The van der Waals surface area contributed by atoms with E-state index in [9.17, 15) is 0 Å². The Morgan fingerprint density at radius 3 is 3.11 bits per heavy atom. The van der Waals surface area contributed by atoms with E-state index in [1.807, 2.05) is 25.1 Å². The van der Waals surface area contributed by atoms with Crippen LogP contribution in [0.25, 0.3) is 0 Å². The zero-order valence-corrected chi connectivity index (χ0v) is 5.76. The van der Waals surface area contributed by atoms with E-state index in [0.29, 0.717) is 19.3 Å². The number of hydrogen-bond acceptors (Lipinski definition) is 3. The molecule has 0 radical (unpaired) electrons. The molecule has 0 unspecified atom stereocenters. The van der Waals surface area contributed by atoms with Crippen molar-refractivity contribution in [2.45, 2.75) is 6.92 Å². The van der Waals surface area contributed by atoms with Crippen molar-refractivity contribution in [2.24, 2.45) is 0 Å². The summed E-state index contributed by atoms with van der Waals surface area (Å²) in [5.74, 6) is 0.625. The smallest absolute Gasteiger partial charge is 0.297 e. The Morgan fingerprint density at radius 1 is 1.89 bits per heavy atom. The SMILES string of the molecule is CCOC1=CN(C)CO1. The molecule has 9 heavy (non-hydrogen) atoms. The fraction of sp³-hybridized carbons (Fsp3) is 0.667. The van der Waals surface area contributed by atoms with Crippen molar-refractivity contribution in [1.29, 1.82) is 0 Å². The molecule has 3 nitrogen and oxygen atoms in total. The van der Waals surface area contributed by atoms with Crippen molar-refractivity contribution in [1.82, 2.24) is 4.90 Å². The molecule has 0 aromatic heterocycles. The Morgan fingerprint density at radius 2 is 2.67 bits per heavy atom. The molecular weight excluding hydrogens is 118 g/mol. The number of ether oxygens (including phenoxy) is 2. The molecule has 1 heterocycles. The fourth-order valence-electron chi connectivity index (χ4n) is 0.641. The summed E-state index contributed by atoms with van der Waals surface area (Å²) in [4.78, 5) is 1.92. The summed E-state index contributed by atoms with van der Waals surface area (Å²) in [6, 6.07) is 0. The molecule has 0 atom stereocenters. The van der Waals surface area contributed by atoms with E-state index in [1.54, 1.807) is 0 Å². The standard InChI is InChI=1S/C6H11NO2/c1-3-8-6-4-7(2)5-9-6/h4H,3,5H2,1-2H3. The molecule has 0 aliphatic carbocycles. The van der Waals surface area contributed by atoms with Crippen LogP contribution in [0.3, 0.4) is 0 Å². The summed E-state index contributed by atoms with van der Waals surface area (Å²) < 4.78 is 10.1. The van der Waals surface area contributed by atoms with Crippen molar-refractivity contribution in [3.63, 3.8) is 0 Å². The van der Waals surface area contributed by atoms with Crippen molar-refractivity contribution in [3.8, 4) is 0 Å². The Labute approximate surface area is 54.9 Å². The van der Waals surface area contributed by atoms with Crippen LogP contribution in [0, 0.1) is 0 Å². The maximum atomic E-state index is 5.07. The molecule has 0 N–H and O–H groups in total. The minimum Gasteiger partial charge on any atom is -0.465 e. The molecule has 0 aromatic rings. The molecule has 0 saturated heterocycles. The van der Waals surface area contributed by atoms with Crippen molar-refractivity contribution >= 4 is 0 Å². The summed E-state index contributed by atoms with van der Waals surface area (Å²) in [7, 11) is 1.94. The largest absolute Gasteiger partial charge is 0.465 e. The Kier molecular flexibility index (Phi) is 1.82. The van der Waals surface area contributed by atoms with Gasteiger partial charge in [-0.2, -0.15) is 0 Å². The van der Waals surface area contributed by atoms with E-state index < -0.39 is 0 Å². The number of hydrogen-bond donors (Lipinski definition) is 0. The molecule has 0 aromatic carbocycles. The van der Waals surface area contributed by atoms with Gasteiger partial charge in [0, 0.05) is 7.05 Å². The second-order valence-corrected chi connectivity index (χ2v) is 1.91. The van der Waals surface area contributed by atoms with E-state index in [4.69, 9.17) is 9.47 Å². The first kappa shape index (κ1) is 6.26. The molecule has 1 aliphatic heterocycles. The van der Waals surface area contributed by atoms with Gasteiger partial charge < -0.3 is 14.4 Å². The highest BCUT2D eigenvalue weighted by atomic mass is 16.7. The predicted octanol–water partition coefficient (Wildman–Crippen LogP) is 0.741. The van der Waals surface area contributed by atoms with Crippen LogP contribution in [0.15, 0.2) is 12.1 Å². The molecule has 1 aliphatic rings. The Bertz CT molecular complexity index is 122. The lowest BCUT2D eigenvalue weighted by Gasteiger charge is -2.02. The van der Waals surface area contributed by atoms with Crippen LogP contribution in [-0.2, 0) is 9.47 Å². The monoisotopic (exact) mass is 129 g/mol. The van der Waals surface area contributed by atoms with Crippen LogP contribution in [-0.4, -0.2) is 25.3 Å². The second-order valence-electron chi connectivity index (χ2n) is 1.91. The van der Waals surface area contributed by atoms with Crippen molar-refractivity contribution in [2.75, 3.05) is 20.4 Å². The van der Waals surface area contributed by atoms with Crippen LogP contribution in [0.5, 0.6) is 0 Å². The molecule has 3 heteroatoms. The molecule has 52 valence electrons. The third kappa shape index (κ3) is 1.52. The Hall–Kier alpha value is -0.860. The first-order valence-electron chi connectivity index (χ1n) is 3.00. The quantitative estimate of drug-likeness (QED) is 0.549. The van der Waals surface area contributed by atoms with Gasteiger partial charge in [0.1, 0.15) is 0 Å². The summed E-state index contributed by atoms with van der Waals surface area (Å²) in [6.07, 6.45) is 1.84. The van der Waals surface area contributed by atoms with Crippen LogP contribution in [0.2, 0.25) is 0 Å². The lowest BCUT2D eigenvalue weighted by atomic mass is 10.8. The fourth-order valence-corrected chi connectivity index (χ4v) is 0.641. The molecule has 0 bridgehead atoms. The highest BCUT2D eigenvalue weighted by Crippen LogP contribution is 2.08. The Balaban J connectivity index is 2.33. The highest BCUT2D eigenvalue weighted by Gasteiger charge is 2.08. The summed E-state index contributed by atoms with van der Waals surface area (Å²) in [6.45, 7) is 3.21. The summed E-state index contributed by atoms with van der Waals surface area (Å²) in [5.41, 5.74) is 0. The number of rotatable bonds is 2. The van der Waals surface area contributed by atoms with Crippen molar-refractivity contribution < 1.29 is 9.47 Å². The average molecular weight is 129 g/mol. The summed E-state index contributed by atoms with van der Waals surface area (Å²) in [5, 5.41) is 0. The van der Waals surface area contributed by atoms with Crippen molar-refractivity contribution in [3.05, 3.63) is 12.1 Å². The van der Waals surface area contributed by atoms with E-state index in [2.05, 4.69) is 0 Å². The van der Waals surface area contributed by atoms with Gasteiger partial charge in [0.05, 0.1) is 12.8 Å². The van der Waals surface area contributed by atoms with E-state index in [0.717, 1.165) is 0 Å². The first-order valence-corrected chi connectivity index (χ1v) is 3.00. The minimum absolute atomic E-state index is 0.606. The van der Waals surface area contributed by atoms with Crippen LogP contribution >= 0.6 is 0 Å². The van der Waals surface area contributed by atoms with Gasteiger partial charge in [0.2, 0.25) is 0 Å². The van der Waals surface area contributed by atoms with Gasteiger partial charge in [0.25, 0.3) is 5.95 Å². The van der Waals surface area contributed by atoms with Crippen LogP contribution in [0.4, 0.5) is 0 Å². The maximum Gasteiger partial charge on any atom is 0.297 e. The van der Waals surface area contributed by atoms with E-state index >= 15 is 0 Å². The van der Waals surface area contributed by atoms with E-state index in [1.165, 1.54) is 0 Å². The van der Waals surface area contributed by atoms with Gasteiger partial charge in [-0.25, -0.2) is 0 Å². The zero-order chi connectivity index (χ0) is 6.69. The molecule has 1 rings (SSSR count). The molecule has 0 amide bonds. The lowest BCUT2D eigenvalue weighted by Crippen LogP contribution is -2.06. The van der Waals surface area contributed by atoms with Gasteiger partial charge >= 0.3 is 0 Å². The first-order chi connectivity index (χ1) is 4.33. The topological polar surface area (TPSA) is 21.7 Å². The number of nitrogens with zero attached hydrogens (tertiary/aromatic N) is 1. The molecule has 0 spiro atoms. The average Bonchev–Trinajstić information content (AvgIpc) is 2.17. The van der Waals surface area contributed by atoms with Gasteiger partial charge in [-0.05, 0) is 6.92 Å². The maximum absolute atomic E-state index is 5.07. The van der Waals surface area contributed by atoms with Gasteiger partial charge in [-0.15, -0.1) is 0 Å². The minimum atomic E-state index is 0.606. The highest BCUT2D eigenvalue weighted by molar-refractivity contribution is 4.86. The normalized spacial score (nSPS) is 17.1. The predicted molar refractivity (Wildman–Crippen MR) is 33.4 cm³/mol. The molecule has 0 fully saturated rings. The van der Waals surface area contributed by atoms with E-state index in [-0.39, 0.29) is 0 Å². The summed E-state index contributed by atoms with van der Waals surface area (Å²) >= 11 is 0. The lowest BCUT2D eigenvalue weighted by molar-refractivity contribution is 0.0423. The second kappa shape index (κ2) is 2.62. The third-order valence-electron chi connectivity index (χ3n) is 1.02. The third-order valence-corrected chi connectivity index (χ3v) is 1.02. The van der Waals surface area contributed by atoms with Crippen LogP contribution < -0.4 is 0 Å². The zero-order valence-electron chi connectivity index (χ0n) is 5.76. The van der Waals surface area contributed by atoms with Gasteiger partial charge in [-0.1, -0.05) is 0 Å². The van der Waals surface area contributed by atoms with Gasteiger partial charge in [0.15, 0.2) is 6.73 Å². The molecule has 0 saturated carbocycles. The van der Waals surface area contributed by atoms with Crippen LogP contribution in [0.1, 0.15) is 6.92 Å².